The molecule has 0 aromatic carbocycles. The first-order valence-corrected chi connectivity index (χ1v) is 9.20. The number of nitrogens with zero attached hydrogens (tertiary/aromatic N) is 1. The lowest BCUT2D eigenvalue weighted by Gasteiger charge is -2.32. The van der Waals surface area contributed by atoms with E-state index in [0.29, 0.717) is 13.0 Å². The Kier molecular flexibility index (Phi) is 5.27. The second-order valence-corrected chi connectivity index (χ2v) is 8.29. The summed E-state index contributed by atoms with van der Waals surface area (Å²) >= 11 is 0. The molecule has 2 fully saturated rings. The molecule has 0 radical (unpaired) electrons. The number of rotatable bonds is 6. The number of methoxy groups -OCH3 is 1. The Morgan fingerprint density at radius 2 is 2.05 bits per heavy atom. The first-order valence-electron chi connectivity index (χ1n) is 7.59. The van der Waals surface area contributed by atoms with Crippen molar-refractivity contribution in [3.8, 4) is 0 Å². The number of hydrogen-bond donors (Lipinski definition) is 1. The average Bonchev–Trinajstić information content (AvgIpc) is 2.78. The highest BCUT2D eigenvalue weighted by Gasteiger charge is 2.50. The fraction of sp³-hybridized carbons (Fsp3) is 0.929. The highest BCUT2D eigenvalue weighted by Crippen LogP contribution is 2.41. The van der Waals surface area contributed by atoms with Crippen LogP contribution < -0.4 is 0 Å². The van der Waals surface area contributed by atoms with Gasteiger partial charge in [-0.1, -0.05) is 19.8 Å². The number of carboxylic acids is 1. The highest BCUT2D eigenvalue weighted by molar-refractivity contribution is 7.89. The van der Waals surface area contributed by atoms with E-state index in [-0.39, 0.29) is 23.6 Å². The van der Waals surface area contributed by atoms with Gasteiger partial charge in [0.2, 0.25) is 10.0 Å². The van der Waals surface area contributed by atoms with Gasteiger partial charge in [-0.25, -0.2) is 8.42 Å². The van der Waals surface area contributed by atoms with Crippen LogP contribution in [0.5, 0.6) is 0 Å². The van der Waals surface area contributed by atoms with Crippen molar-refractivity contribution in [2.24, 2.45) is 11.8 Å². The molecule has 4 atom stereocenters. The summed E-state index contributed by atoms with van der Waals surface area (Å²) in [7, 11) is -2.04. The zero-order valence-corrected chi connectivity index (χ0v) is 13.5. The fourth-order valence-electron chi connectivity index (χ4n) is 3.81. The summed E-state index contributed by atoms with van der Waals surface area (Å²) in [6.07, 6.45) is 4.23. The van der Waals surface area contributed by atoms with Gasteiger partial charge in [0.1, 0.15) is 6.04 Å². The molecular formula is C14H25NO5S. The highest BCUT2D eigenvalue weighted by atomic mass is 32.2. The predicted octanol–water partition coefficient (Wildman–Crippen LogP) is 1.32. The molecule has 1 saturated heterocycles. The molecule has 1 heterocycles. The van der Waals surface area contributed by atoms with Crippen LogP contribution in [0.2, 0.25) is 0 Å². The SMILES string of the molecule is COCC(C)CS(=O)(=O)N1C(C(=O)O)CC2CCCCC21. The van der Waals surface area contributed by atoms with Gasteiger partial charge in [0, 0.05) is 19.8 Å². The van der Waals surface area contributed by atoms with Crippen LogP contribution in [0.3, 0.4) is 0 Å². The van der Waals surface area contributed by atoms with Crippen molar-refractivity contribution in [1.29, 1.82) is 0 Å². The molecule has 0 bridgehead atoms. The Labute approximate surface area is 126 Å². The number of carboxylic acid groups (broad SMARTS) is 1. The predicted molar refractivity (Wildman–Crippen MR) is 78.5 cm³/mol. The normalized spacial score (nSPS) is 31.8. The number of carbonyl (C=O) groups is 1. The van der Waals surface area contributed by atoms with Crippen LogP contribution in [0.25, 0.3) is 0 Å². The van der Waals surface area contributed by atoms with Crippen LogP contribution in [0.4, 0.5) is 0 Å². The molecule has 0 aromatic heterocycles. The van der Waals surface area contributed by atoms with Crippen LogP contribution >= 0.6 is 0 Å². The summed E-state index contributed by atoms with van der Waals surface area (Å²) in [5.41, 5.74) is 0. The summed E-state index contributed by atoms with van der Waals surface area (Å²) in [6, 6.07) is -1.02. The summed E-state index contributed by atoms with van der Waals surface area (Å²) in [6.45, 7) is 2.17. The van der Waals surface area contributed by atoms with Crippen LogP contribution in [0.1, 0.15) is 39.0 Å². The first-order chi connectivity index (χ1) is 9.86. The standard InChI is InChI=1S/C14H25NO5S/c1-10(8-20-2)9-21(18,19)15-12-6-4-3-5-11(12)7-13(15)14(16)17/h10-13H,3-9H2,1-2H3,(H,16,17). The summed E-state index contributed by atoms with van der Waals surface area (Å²) in [5.74, 6) is -1.01. The van der Waals surface area contributed by atoms with Gasteiger partial charge in [0.15, 0.2) is 0 Å². The molecule has 1 saturated carbocycles. The van der Waals surface area contributed by atoms with E-state index in [1.165, 1.54) is 11.4 Å². The van der Waals surface area contributed by atoms with Crippen LogP contribution in [-0.2, 0) is 19.6 Å². The molecule has 1 aliphatic heterocycles. The van der Waals surface area contributed by atoms with Gasteiger partial charge < -0.3 is 9.84 Å². The zero-order valence-electron chi connectivity index (χ0n) is 12.7. The number of hydrogen-bond acceptors (Lipinski definition) is 4. The molecule has 7 heteroatoms. The van der Waals surface area contributed by atoms with Crippen molar-refractivity contribution in [2.75, 3.05) is 19.5 Å². The molecule has 21 heavy (non-hydrogen) atoms. The Hall–Kier alpha value is -0.660. The van der Waals surface area contributed by atoms with Gasteiger partial charge in [-0.2, -0.15) is 4.31 Å². The topological polar surface area (TPSA) is 83.9 Å². The van der Waals surface area contributed by atoms with E-state index in [1.807, 2.05) is 6.92 Å². The lowest BCUT2D eigenvalue weighted by molar-refractivity contribution is -0.141. The van der Waals surface area contributed by atoms with Crippen molar-refractivity contribution in [3.05, 3.63) is 0 Å². The summed E-state index contributed by atoms with van der Waals surface area (Å²) in [4.78, 5) is 11.5. The molecule has 4 unspecified atom stereocenters. The summed E-state index contributed by atoms with van der Waals surface area (Å²) in [5, 5.41) is 9.40. The van der Waals surface area contributed by atoms with Crippen molar-refractivity contribution in [1.82, 2.24) is 4.31 Å². The third-order valence-corrected chi connectivity index (χ3v) is 6.74. The van der Waals surface area contributed by atoms with Gasteiger partial charge in [-0.3, -0.25) is 4.79 Å². The maximum Gasteiger partial charge on any atom is 0.322 e. The minimum Gasteiger partial charge on any atom is -0.480 e. The van der Waals surface area contributed by atoms with E-state index < -0.39 is 22.0 Å². The van der Waals surface area contributed by atoms with E-state index in [1.54, 1.807) is 0 Å². The van der Waals surface area contributed by atoms with Crippen molar-refractivity contribution < 1.29 is 23.1 Å². The van der Waals surface area contributed by atoms with E-state index in [2.05, 4.69) is 0 Å². The third-order valence-electron chi connectivity index (χ3n) is 4.58. The molecule has 1 N–H and O–H groups in total. The fourth-order valence-corrected chi connectivity index (χ4v) is 6.05. The van der Waals surface area contributed by atoms with E-state index in [9.17, 15) is 18.3 Å². The first kappa shape index (κ1) is 16.7. The Morgan fingerprint density at radius 1 is 1.38 bits per heavy atom. The van der Waals surface area contributed by atoms with Crippen LogP contribution in [0, 0.1) is 11.8 Å². The number of sulfonamides is 1. The van der Waals surface area contributed by atoms with Gasteiger partial charge >= 0.3 is 5.97 Å². The molecule has 2 aliphatic rings. The van der Waals surface area contributed by atoms with E-state index in [4.69, 9.17) is 4.74 Å². The minimum atomic E-state index is -3.57. The minimum absolute atomic E-state index is 0.0478. The molecule has 0 spiro atoms. The molecule has 6 nitrogen and oxygen atoms in total. The quantitative estimate of drug-likeness (QED) is 0.798. The van der Waals surface area contributed by atoms with Gasteiger partial charge in [-0.15, -0.1) is 0 Å². The number of fused-ring (bicyclic) bond motifs is 1. The van der Waals surface area contributed by atoms with Gasteiger partial charge in [0.05, 0.1) is 5.75 Å². The van der Waals surface area contributed by atoms with Crippen molar-refractivity contribution in [2.45, 2.75) is 51.1 Å². The smallest absolute Gasteiger partial charge is 0.322 e. The van der Waals surface area contributed by atoms with Crippen molar-refractivity contribution >= 4 is 16.0 Å². The third kappa shape index (κ3) is 3.57. The monoisotopic (exact) mass is 319 g/mol. The molecule has 0 amide bonds. The molecular weight excluding hydrogens is 294 g/mol. The molecule has 2 rings (SSSR count). The number of aliphatic carboxylic acids is 1. The van der Waals surface area contributed by atoms with Gasteiger partial charge in [0.25, 0.3) is 0 Å². The lowest BCUT2D eigenvalue weighted by Crippen LogP contribution is -2.48. The van der Waals surface area contributed by atoms with Crippen LogP contribution in [0.15, 0.2) is 0 Å². The molecule has 1 aliphatic carbocycles. The van der Waals surface area contributed by atoms with Crippen LogP contribution in [-0.4, -0.2) is 55.4 Å². The second kappa shape index (κ2) is 6.62. The number of ether oxygens (including phenoxy) is 1. The maximum absolute atomic E-state index is 12.7. The second-order valence-electron chi connectivity index (χ2n) is 6.37. The Balaban J connectivity index is 2.22. The molecule has 0 aromatic rings. The Bertz CT molecular complexity index is 478. The summed E-state index contributed by atoms with van der Waals surface area (Å²) < 4.78 is 31.7. The zero-order chi connectivity index (χ0) is 15.6. The average molecular weight is 319 g/mol. The van der Waals surface area contributed by atoms with Crippen molar-refractivity contribution in [3.63, 3.8) is 0 Å². The van der Waals surface area contributed by atoms with E-state index in [0.717, 1.165) is 25.7 Å². The Morgan fingerprint density at radius 3 is 2.67 bits per heavy atom. The largest absolute Gasteiger partial charge is 0.480 e. The van der Waals surface area contributed by atoms with E-state index >= 15 is 0 Å². The maximum atomic E-state index is 12.7. The van der Waals surface area contributed by atoms with Gasteiger partial charge in [-0.05, 0) is 31.1 Å². The lowest BCUT2D eigenvalue weighted by atomic mass is 9.85. The molecule has 122 valence electrons.